The Morgan fingerprint density at radius 2 is 1.52 bits per heavy atom. The molecule has 1 saturated carbocycles. The number of nitrogens with one attached hydrogen (secondary N) is 1. The Labute approximate surface area is 158 Å². The first kappa shape index (κ1) is 16.0. The molecule has 1 aliphatic carbocycles. The molecule has 1 nitrogen and oxygen atoms in total. The van der Waals surface area contributed by atoms with Crippen LogP contribution in [-0.4, -0.2) is 6.04 Å². The minimum atomic E-state index is 0.530. The minimum absolute atomic E-state index is 0.530. The van der Waals surface area contributed by atoms with Gasteiger partial charge in [0.15, 0.2) is 0 Å². The topological polar surface area (TPSA) is 12.0 Å². The van der Waals surface area contributed by atoms with Gasteiger partial charge in [-0.15, -0.1) is 0 Å². The maximum Gasteiger partial charge on any atom is 0.0631 e. The Balaban J connectivity index is 1.65. The smallest absolute Gasteiger partial charge is 0.0631 e. The maximum absolute atomic E-state index is 3.63. The fourth-order valence-corrected chi connectivity index (χ4v) is 5.56. The molecule has 0 aliphatic heterocycles. The number of rotatable bonds is 3. The molecule has 1 fully saturated rings. The van der Waals surface area contributed by atoms with Crippen LogP contribution in [0, 0.1) is 0 Å². The summed E-state index contributed by atoms with van der Waals surface area (Å²) in [5.74, 6) is 0.660. The molecular weight excluding hydrogens is 526 g/mol. The summed E-state index contributed by atoms with van der Waals surface area (Å²) in [5, 5.41) is 3.63. The normalized spacial score (nSPS) is 21.0. The van der Waals surface area contributed by atoms with Gasteiger partial charge in [-0.25, -0.2) is 0 Å². The van der Waals surface area contributed by atoms with Crippen molar-refractivity contribution in [2.75, 3.05) is 5.32 Å². The van der Waals surface area contributed by atoms with E-state index >= 15 is 0 Å². The van der Waals surface area contributed by atoms with Crippen molar-refractivity contribution in [2.24, 2.45) is 0 Å². The van der Waals surface area contributed by atoms with E-state index in [4.69, 9.17) is 0 Å². The van der Waals surface area contributed by atoms with Crippen LogP contribution in [0.2, 0.25) is 0 Å². The second-order valence-electron chi connectivity index (χ2n) is 5.31. The molecule has 0 amide bonds. The lowest BCUT2D eigenvalue weighted by molar-refractivity contribution is 0.374. The van der Waals surface area contributed by atoms with E-state index in [1.807, 2.05) is 0 Å². The lowest BCUT2D eigenvalue weighted by atomic mass is 9.76. The van der Waals surface area contributed by atoms with Crippen LogP contribution in [0.4, 0.5) is 5.69 Å². The van der Waals surface area contributed by atoms with E-state index in [1.165, 1.54) is 18.4 Å². The molecule has 0 spiro atoms. The highest BCUT2D eigenvalue weighted by molar-refractivity contribution is 9.11. The third-order valence-electron chi connectivity index (χ3n) is 3.81. The zero-order chi connectivity index (χ0) is 15.0. The predicted octanol–water partition coefficient (Wildman–Crippen LogP) is 7.09. The quantitative estimate of drug-likeness (QED) is 0.440. The van der Waals surface area contributed by atoms with E-state index in [-0.39, 0.29) is 0 Å². The first-order chi connectivity index (χ1) is 10.0. The highest BCUT2D eigenvalue weighted by Gasteiger charge is 2.31. The first-order valence-electron chi connectivity index (χ1n) is 6.69. The van der Waals surface area contributed by atoms with Crippen molar-refractivity contribution in [2.45, 2.75) is 24.8 Å². The van der Waals surface area contributed by atoms with Gasteiger partial charge in [-0.2, -0.15) is 0 Å². The third kappa shape index (κ3) is 3.74. The Bertz CT molecular complexity index is 642. The lowest BCUT2D eigenvalue weighted by Gasteiger charge is -2.37. The predicted molar refractivity (Wildman–Crippen MR) is 103 cm³/mol. The maximum atomic E-state index is 3.63. The van der Waals surface area contributed by atoms with E-state index in [0.29, 0.717) is 12.0 Å². The molecule has 5 heteroatoms. The molecule has 2 aromatic carbocycles. The molecular formula is C16H13Br4N. The summed E-state index contributed by atoms with van der Waals surface area (Å²) in [4.78, 5) is 0. The number of hydrogen-bond acceptors (Lipinski definition) is 1. The molecule has 3 rings (SSSR count). The van der Waals surface area contributed by atoms with Crippen molar-refractivity contribution in [1.29, 1.82) is 0 Å². The standard InChI is InChI=1S/C16H13Br4N/c17-11-3-1-2-9(4-11)10-5-13(6-10)21-16-14(19)7-12(18)8-15(16)20/h1-4,7-8,10,13,21H,5-6H2. The molecule has 0 aromatic heterocycles. The van der Waals surface area contributed by atoms with E-state index < -0.39 is 0 Å². The van der Waals surface area contributed by atoms with Gasteiger partial charge in [0.05, 0.1) is 5.69 Å². The second-order valence-corrected chi connectivity index (χ2v) is 8.85. The summed E-state index contributed by atoms with van der Waals surface area (Å²) in [5.41, 5.74) is 2.56. The van der Waals surface area contributed by atoms with E-state index in [2.05, 4.69) is 105 Å². The highest BCUT2D eigenvalue weighted by Crippen LogP contribution is 2.42. The minimum Gasteiger partial charge on any atom is -0.380 e. The summed E-state index contributed by atoms with van der Waals surface area (Å²) in [6, 6.07) is 13.3. The van der Waals surface area contributed by atoms with Gasteiger partial charge in [0, 0.05) is 23.9 Å². The molecule has 0 bridgehead atoms. The van der Waals surface area contributed by atoms with Crippen LogP contribution in [0.3, 0.4) is 0 Å². The zero-order valence-corrected chi connectivity index (χ0v) is 17.4. The van der Waals surface area contributed by atoms with E-state index in [1.54, 1.807) is 0 Å². The van der Waals surface area contributed by atoms with E-state index in [9.17, 15) is 0 Å². The number of benzene rings is 2. The fraction of sp³-hybridized carbons (Fsp3) is 0.250. The fourth-order valence-electron chi connectivity index (χ4n) is 2.65. The monoisotopic (exact) mass is 535 g/mol. The summed E-state index contributed by atoms with van der Waals surface area (Å²) >= 11 is 14.3. The Morgan fingerprint density at radius 3 is 2.14 bits per heavy atom. The molecule has 21 heavy (non-hydrogen) atoms. The van der Waals surface area contributed by atoms with Gasteiger partial charge in [0.2, 0.25) is 0 Å². The van der Waals surface area contributed by atoms with Gasteiger partial charge in [0.1, 0.15) is 0 Å². The molecule has 110 valence electrons. The van der Waals surface area contributed by atoms with Crippen molar-refractivity contribution < 1.29 is 0 Å². The number of halogens is 4. The SMILES string of the molecule is Brc1cccc(C2CC(Nc3c(Br)cc(Br)cc3Br)C2)c1. The van der Waals surface area contributed by atoms with Crippen LogP contribution in [0.5, 0.6) is 0 Å². The van der Waals surface area contributed by atoms with Crippen LogP contribution in [-0.2, 0) is 0 Å². The van der Waals surface area contributed by atoms with Crippen LogP contribution < -0.4 is 5.32 Å². The third-order valence-corrected chi connectivity index (χ3v) is 6.02. The van der Waals surface area contributed by atoms with Gasteiger partial charge >= 0.3 is 0 Å². The van der Waals surface area contributed by atoms with Crippen molar-refractivity contribution >= 4 is 69.4 Å². The second kappa shape index (κ2) is 6.73. The Hall–Kier alpha value is 0.160. The molecule has 1 N–H and O–H groups in total. The van der Waals surface area contributed by atoms with Crippen molar-refractivity contribution in [3.8, 4) is 0 Å². The average molecular weight is 539 g/mol. The number of anilines is 1. The highest BCUT2D eigenvalue weighted by atomic mass is 79.9. The summed E-state index contributed by atoms with van der Waals surface area (Å²) < 4.78 is 4.38. The number of hydrogen-bond donors (Lipinski definition) is 1. The molecule has 0 unspecified atom stereocenters. The molecule has 1 aliphatic rings. The average Bonchev–Trinajstić information content (AvgIpc) is 2.35. The Morgan fingerprint density at radius 1 is 0.857 bits per heavy atom. The molecule has 0 heterocycles. The Kier molecular flexibility index (Phi) is 5.14. The van der Waals surface area contributed by atoms with Crippen LogP contribution in [0.25, 0.3) is 0 Å². The largest absolute Gasteiger partial charge is 0.380 e. The summed E-state index contributed by atoms with van der Waals surface area (Å²) in [6.45, 7) is 0. The molecule has 0 atom stereocenters. The van der Waals surface area contributed by atoms with Crippen molar-refractivity contribution in [3.63, 3.8) is 0 Å². The zero-order valence-electron chi connectivity index (χ0n) is 11.0. The van der Waals surface area contributed by atoms with Gasteiger partial charge in [-0.3, -0.25) is 0 Å². The van der Waals surface area contributed by atoms with Gasteiger partial charge < -0.3 is 5.32 Å². The summed E-state index contributed by atoms with van der Waals surface area (Å²) in [6.07, 6.45) is 2.34. The lowest BCUT2D eigenvalue weighted by Crippen LogP contribution is -2.34. The van der Waals surface area contributed by atoms with Gasteiger partial charge in [-0.05, 0) is 80.4 Å². The first-order valence-corrected chi connectivity index (χ1v) is 9.86. The van der Waals surface area contributed by atoms with E-state index in [0.717, 1.165) is 23.6 Å². The van der Waals surface area contributed by atoms with Crippen molar-refractivity contribution in [1.82, 2.24) is 0 Å². The van der Waals surface area contributed by atoms with Crippen LogP contribution >= 0.6 is 63.7 Å². The van der Waals surface area contributed by atoms with Crippen LogP contribution in [0.15, 0.2) is 54.3 Å². The van der Waals surface area contributed by atoms with Gasteiger partial charge in [0.25, 0.3) is 0 Å². The summed E-state index contributed by atoms with van der Waals surface area (Å²) in [7, 11) is 0. The molecule has 0 radical (unpaired) electrons. The molecule has 0 saturated heterocycles. The van der Waals surface area contributed by atoms with Crippen LogP contribution in [0.1, 0.15) is 24.3 Å². The van der Waals surface area contributed by atoms with Gasteiger partial charge in [-0.1, -0.05) is 44.0 Å². The molecule has 2 aromatic rings. The van der Waals surface area contributed by atoms with Crippen molar-refractivity contribution in [3.05, 3.63) is 59.9 Å².